The maximum Gasteiger partial charge on any atom is 0.318 e. The van der Waals surface area contributed by atoms with Crippen LogP contribution in [-0.2, 0) is 11.4 Å². The van der Waals surface area contributed by atoms with E-state index in [0.29, 0.717) is 24.5 Å². The molecule has 0 spiro atoms. The molecule has 0 aliphatic carbocycles. The first kappa shape index (κ1) is 21.2. The third-order valence-electron chi connectivity index (χ3n) is 4.64. The highest BCUT2D eigenvalue weighted by Gasteiger charge is 2.28. The molecule has 2 amide bonds. The van der Waals surface area contributed by atoms with Gasteiger partial charge in [0.05, 0.1) is 12.3 Å². The molecule has 0 radical (unpaired) electrons. The first-order valence-electron chi connectivity index (χ1n) is 9.81. The van der Waals surface area contributed by atoms with Gasteiger partial charge in [-0.15, -0.1) is 0 Å². The van der Waals surface area contributed by atoms with Crippen molar-refractivity contribution in [1.29, 1.82) is 0 Å². The molecule has 2 aromatic carbocycles. The Morgan fingerprint density at radius 1 is 1.24 bits per heavy atom. The third kappa shape index (κ3) is 5.97. The smallest absolute Gasteiger partial charge is 0.318 e. The molecule has 2 aromatic rings. The van der Waals surface area contributed by atoms with Crippen LogP contribution in [0.2, 0.25) is 5.02 Å². The molecular formula is C23H28ClN3O2. The van der Waals surface area contributed by atoms with Crippen molar-refractivity contribution in [1.82, 2.24) is 10.2 Å². The van der Waals surface area contributed by atoms with Crippen LogP contribution in [0.3, 0.4) is 0 Å². The van der Waals surface area contributed by atoms with Crippen LogP contribution >= 0.6 is 11.6 Å². The largest absolute Gasteiger partial charge is 0.390 e. The number of oxime groups is 1. The van der Waals surface area contributed by atoms with E-state index in [1.807, 2.05) is 57.2 Å². The molecule has 1 heterocycles. The molecule has 5 nitrogen and oxygen atoms in total. The number of carbonyl (C=O) groups is 1. The normalized spacial score (nSPS) is 16.2. The Morgan fingerprint density at radius 2 is 2.00 bits per heavy atom. The van der Waals surface area contributed by atoms with E-state index in [2.05, 4.69) is 29.5 Å². The average molecular weight is 414 g/mol. The lowest BCUT2D eigenvalue weighted by molar-refractivity contribution is 0.0580. The number of halogens is 1. The number of nitrogens with zero attached hydrogens (tertiary/aromatic N) is 2. The maximum atomic E-state index is 12.9. The third-order valence-corrected chi connectivity index (χ3v) is 4.88. The van der Waals surface area contributed by atoms with Gasteiger partial charge >= 0.3 is 6.03 Å². The molecule has 1 aliphatic rings. The molecule has 0 aromatic heterocycles. The summed E-state index contributed by atoms with van der Waals surface area (Å²) in [6.45, 7) is 8.85. The van der Waals surface area contributed by atoms with E-state index in [-0.39, 0.29) is 17.7 Å². The van der Waals surface area contributed by atoms with Gasteiger partial charge in [-0.3, -0.25) is 0 Å². The van der Waals surface area contributed by atoms with E-state index < -0.39 is 0 Å². The fraction of sp³-hybridized carbons (Fsp3) is 0.391. The van der Waals surface area contributed by atoms with Gasteiger partial charge in [-0.05, 0) is 51.0 Å². The lowest BCUT2D eigenvalue weighted by atomic mass is 10.0. The molecule has 154 valence electrons. The maximum absolute atomic E-state index is 12.9. The summed E-state index contributed by atoms with van der Waals surface area (Å²) < 4.78 is 0. The highest BCUT2D eigenvalue weighted by atomic mass is 35.5. The summed E-state index contributed by atoms with van der Waals surface area (Å²) in [7, 11) is 0. The summed E-state index contributed by atoms with van der Waals surface area (Å²) in [5, 5.41) is 7.99. The number of rotatable bonds is 5. The Kier molecular flexibility index (Phi) is 6.48. The second-order valence-corrected chi connectivity index (χ2v) is 8.91. The lowest BCUT2D eigenvalue weighted by Crippen LogP contribution is -2.50. The van der Waals surface area contributed by atoms with Crippen molar-refractivity contribution in [2.75, 3.05) is 6.54 Å². The molecule has 0 fully saturated rings. The summed E-state index contributed by atoms with van der Waals surface area (Å²) in [5.41, 5.74) is 3.82. The monoisotopic (exact) mass is 413 g/mol. The van der Waals surface area contributed by atoms with Crippen LogP contribution in [0.4, 0.5) is 4.79 Å². The standard InChI is InChI=1S/C23H28ClN3O2/c1-16-8-5-6-11-20(16)21-13-19(29-26-21)15-27(22(28)25-23(2,3)4)14-17-9-7-10-18(24)12-17/h5-12,19H,13-15H2,1-4H3,(H,25,28)/t19-/m0/s1. The van der Waals surface area contributed by atoms with Gasteiger partial charge in [0.15, 0.2) is 6.10 Å². The summed E-state index contributed by atoms with van der Waals surface area (Å²) in [5.74, 6) is 0. The molecule has 1 N–H and O–H groups in total. The van der Waals surface area contributed by atoms with Crippen LogP contribution in [-0.4, -0.2) is 34.8 Å². The van der Waals surface area contributed by atoms with Crippen molar-refractivity contribution in [2.45, 2.75) is 52.3 Å². The Balaban J connectivity index is 1.71. The lowest BCUT2D eigenvalue weighted by Gasteiger charge is -2.29. The second-order valence-electron chi connectivity index (χ2n) is 8.48. The number of aryl methyl sites for hydroxylation is 1. The minimum Gasteiger partial charge on any atom is -0.390 e. The van der Waals surface area contributed by atoms with E-state index in [4.69, 9.17) is 16.4 Å². The Labute approximate surface area is 177 Å². The molecular weight excluding hydrogens is 386 g/mol. The highest BCUT2D eigenvalue weighted by Crippen LogP contribution is 2.21. The van der Waals surface area contributed by atoms with Crippen molar-refractivity contribution >= 4 is 23.3 Å². The molecule has 1 atom stereocenters. The number of urea groups is 1. The zero-order chi connectivity index (χ0) is 21.0. The molecule has 0 saturated heterocycles. The van der Waals surface area contributed by atoms with Crippen molar-refractivity contribution in [3.63, 3.8) is 0 Å². The number of amides is 2. The summed E-state index contributed by atoms with van der Waals surface area (Å²) in [6.07, 6.45) is 0.481. The molecule has 0 bridgehead atoms. The van der Waals surface area contributed by atoms with Gasteiger partial charge < -0.3 is 15.1 Å². The molecule has 1 aliphatic heterocycles. The van der Waals surface area contributed by atoms with Gasteiger partial charge in [-0.1, -0.05) is 53.2 Å². The van der Waals surface area contributed by atoms with Gasteiger partial charge in [0.25, 0.3) is 0 Å². The van der Waals surface area contributed by atoms with Gasteiger partial charge in [0, 0.05) is 29.1 Å². The van der Waals surface area contributed by atoms with Gasteiger partial charge in [0.1, 0.15) is 0 Å². The van der Waals surface area contributed by atoms with Crippen LogP contribution in [0.1, 0.15) is 43.9 Å². The fourth-order valence-electron chi connectivity index (χ4n) is 3.30. The molecule has 3 rings (SSSR count). The van der Waals surface area contributed by atoms with Crippen LogP contribution < -0.4 is 5.32 Å². The van der Waals surface area contributed by atoms with Crippen LogP contribution in [0.5, 0.6) is 0 Å². The molecule has 6 heteroatoms. The van der Waals surface area contributed by atoms with E-state index in [9.17, 15) is 4.79 Å². The molecule has 0 saturated carbocycles. The zero-order valence-corrected chi connectivity index (χ0v) is 18.2. The number of nitrogens with one attached hydrogen (secondary N) is 1. The van der Waals surface area contributed by atoms with E-state index in [1.54, 1.807) is 4.90 Å². The quantitative estimate of drug-likeness (QED) is 0.736. The molecule has 29 heavy (non-hydrogen) atoms. The van der Waals surface area contributed by atoms with Gasteiger partial charge in [-0.2, -0.15) is 0 Å². The van der Waals surface area contributed by atoms with E-state index in [1.165, 1.54) is 0 Å². The van der Waals surface area contributed by atoms with Crippen LogP contribution in [0.25, 0.3) is 0 Å². The fourth-order valence-corrected chi connectivity index (χ4v) is 3.52. The van der Waals surface area contributed by atoms with Crippen molar-refractivity contribution in [3.8, 4) is 0 Å². The average Bonchev–Trinajstić information content (AvgIpc) is 3.08. The first-order valence-corrected chi connectivity index (χ1v) is 10.2. The van der Waals surface area contributed by atoms with E-state index >= 15 is 0 Å². The SMILES string of the molecule is Cc1ccccc1C1=NO[C@H](CN(Cc2cccc(Cl)c2)C(=O)NC(C)(C)C)C1. The van der Waals surface area contributed by atoms with Gasteiger partial charge in [-0.25, -0.2) is 4.79 Å². The minimum atomic E-state index is -0.330. The van der Waals surface area contributed by atoms with Crippen molar-refractivity contribution in [2.24, 2.45) is 5.16 Å². The molecule has 0 unspecified atom stereocenters. The van der Waals surface area contributed by atoms with E-state index in [0.717, 1.165) is 22.4 Å². The summed E-state index contributed by atoms with van der Waals surface area (Å²) in [6, 6.07) is 15.6. The number of carbonyl (C=O) groups excluding carboxylic acids is 1. The zero-order valence-electron chi connectivity index (χ0n) is 17.4. The first-order chi connectivity index (χ1) is 13.7. The topological polar surface area (TPSA) is 53.9 Å². The predicted octanol–water partition coefficient (Wildman–Crippen LogP) is 5.15. The highest BCUT2D eigenvalue weighted by molar-refractivity contribution is 6.30. The van der Waals surface area contributed by atoms with Crippen LogP contribution in [0, 0.1) is 6.92 Å². The number of hydrogen-bond acceptors (Lipinski definition) is 3. The number of benzene rings is 2. The predicted molar refractivity (Wildman–Crippen MR) is 117 cm³/mol. The second kappa shape index (κ2) is 8.87. The number of hydrogen-bond donors (Lipinski definition) is 1. The Hall–Kier alpha value is -2.53. The summed E-state index contributed by atoms with van der Waals surface area (Å²) >= 11 is 6.12. The Bertz CT molecular complexity index is 905. The van der Waals surface area contributed by atoms with Crippen molar-refractivity contribution < 1.29 is 9.63 Å². The van der Waals surface area contributed by atoms with Crippen LogP contribution in [0.15, 0.2) is 53.7 Å². The Morgan fingerprint density at radius 3 is 2.69 bits per heavy atom. The minimum absolute atomic E-state index is 0.134. The summed E-state index contributed by atoms with van der Waals surface area (Å²) in [4.78, 5) is 20.4. The van der Waals surface area contributed by atoms with Gasteiger partial charge in [0.2, 0.25) is 0 Å². The van der Waals surface area contributed by atoms with Crippen molar-refractivity contribution in [3.05, 3.63) is 70.2 Å².